The van der Waals surface area contributed by atoms with Crippen LogP contribution in [0.15, 0.2) is 0 Å². The van der Waals surface area contributed by atoms with Crippen molar-refractivity contribution in [2.75, 3.05) is 38.4 Å². The average Bonchev–Trinajstić information content (AvgIpc) is 3.05. The van der Waals surface area contributed by atoms with Crippen LogP contribution in [0.4, 0.5) is 24.9 Å². The molecule has 0 spiro atoms. The minimum absolute atomic E-state index is 0.0196. The normalized spacial score (nSPS) is 17.2. The number of ether oxygens (including phenoxy) is 2. The summed E-state index contributed by atoms with van der Waals surface area (Å²) in [5.74, 6) is -0.0848. The number of nitrogens with zero attached hydrogens (tertiary/aromatic N) is 8. The summed E-state index contributed by atoms with van der Waals surface area (Å²) in [6.07, 6.45) is -5.12. The van der Waals surface area contributed by atoms with Crippen molar-refractivity contribution in [1.82, 2.24) is 34.6 Å². The highest BCUT2D eigenvalue weighted by molar-refractivity contribution is 6.34. The lowest BCUT2D eigenvalue weighted by Crippen LogP contribution is -2.29. The highest BCUT2D eigenvalue weighted by Gasteiger charge is 2.41. The molecule has 0 radical (unpaired) electrons. The Labute approximate surface area is 232 Å². The van der Waals surface area contributed by atoms with Gasteiger partial charge in [0, 0.05) is 39.2 Å². The van der Waals surface area contributed by atoms with Crippen LogP contribution in [0.25, 0.3) is 0 Å². The van der Waals surface area contributed by atoms with Crippen LogP contribution in [-0.2, 0) is 37.0 Å². The van der Waals surface area contributed by atoms with Gasteiger partial charge in [-0.1, -0.05) is 11.6 Å². The maximum Gasteiger partial charge on any atom is 0.420 e. The molecule has 0 fully saturated rings. The van der Waals surface area contributed by atoms with Crippen molar-refractivity contribution >= 4 is 29.3 Å². The number of nitrogen functional groups attached to an aromatic ring is 1. The molecule has 2 N–H and O–H groups in total. The maximum absolute atomic E-state index is 13.9. The Morgan fingerprint density at radius 3 is 2.62 bits per heavy atom. The Balaban J connectivity index is 1.52. The first-order valence-electron chi connectivity index (χ1n) is 12.4. The second kappa shape index (κ2) is 10.4. The van der Waals surface area contributed by atoms with Crippen molar-refractivity contribution in [2.45, 2.75) is 51.7 Å². The number of rotatable bonds is 4. The van der Waals surface area contributed by atoms with E-state index in [0.29, 0.717) is 42.3 Å². The lowest BCUT2D eigenvalue weighted by Gasteiger charge is -2.31. The number of carbonyl (C=O) groups is 1. The number of methoxy groups -OCH3 is 1. The van der Waals surface area contributed by atoms with Crippen LogP contribution >= 0.6 is 11.6 Å². The van der Waals surface area contributed by atoms with Gasteiger partial charge in [-0.3, -0.25) is 9.48 Å². The summed E-state index contributed by atoms with van der Waals surface area (Å²) in [6.45, 7) is 2.53. The van der Waals surface area contributed by atoms with Crippen LogP contribution in [0.3, 0.4) is 0 Å². The van der Waals surface area contributed by atoms with Crippen LogP contribution in [0.2, 0.25) is 5.02 Å². The monoisotopic (exact) mass is 581 g/mol. The first-order chi connectivity index (χ1) is 18.9. The highest BCUT2D eigenvalue weighted by atomic mass is 35.5. The van der Waals surface area contributed by atoms with E-state index >= 15 is 0 Å². The van der Waals surface area contributed by atoms with Crippen molar-refractivity contribution in [3.05, 3.63) is 44.6 Å². The maximum atomic E-state index is 13.9. The van der Waals surface area contributed by atoms with Crippen LogP contribution in [0.5, 0.6) is 6.01 Å². The molecule has 16 heteroatoms. The quantitative estimate of drug-likeness (QED) is 0.489. The third-order valence-electron chi connectivity index (χ3n) is 6.80. The molecule has 0 aliphatic carbocycles. The van der Waals surface area contributed by atoms with E-state index in [1.165, 1.54) is 18.9 Å². The number of fused-ring (bicyclic) bond motifs is 2. The Morgan fingerprint density at radius 1 is 1.20 bits per heavy atom. The molecule has 0 aromatic carbocycles. The van der Waals surface area contributed by atoms with E-state index < -0.39 is 17.8 Å². The molecule has 5 rings (SSSR count). The van der Waals surface area contributed by atoms with Crippen LogP contribution in [-0.4, -0.2) is 68.3 Å². The number of alkyl halides is 3. The first-order valence-corrected chi connectivity index (χ1v) is 12.7. The standard InChI is InChI=1S/C24H27ClF3N9O3/c1-11-16(24(26,27)28)18(32-22(29)30-11)15-8-13-12(10-40-15)20(33-23(31-13)39-4)36-6-5-7-37-14(9-36)17(25)19(34-37)21(38)35(2)3/h15H,5-10H2,1-4H3,(H2,29,30,32). The fourth-order valence-electron chi connectivity index (χ4n) is 4.97. The highest BCUT2D eigenvalue weighted by Crippen LogP contribution is 2.41. The number of halogens is 4. The fourth-order valence-corrected chi connectivity index (χ4v) is 5.25. The Morgan fingerprint density at radius 2 is 1.95 bits per heavy atom. The zero-order chi connectivity index (χ0) is 28.9. The van der Waals surface area contributed by atoms with Gasteiger partial charge < -0.3 is 25.0 Å². The molecule has 0 saturated carbocycles. The number of aromatic nitrogens is 6. The molecule has 1 unspecified atom stereocenters. The number of hydrogen-bond acceptors (Lipinski definition) is 10. The molecule has 5 heterocycles. The van der Waals surface area contributed by atoms with Gasteiger partial charge in [0.05, 0.1) is 48.1 Å². The van der Waals surface area contributed by atoms with Gasteiger partial charge in [0.2, 0.25) is 5.95 Å². The molecule has 1 atom stereocenters. The number of hydrogen-bond donors (Lipinski definition) is 1. The summed E-state index contributed by atoms with van der Waals surface area (Å²) < 4.78 is 54.8. The van der Waals surface area contributed by atoms with E-state index in [4.69, 9.17) is 26.8 Å². The SMILES string of the molecule is COc1nc2c(c(N3CCCn4nc(C(=O)N(C)C)c(Cl)c4C3)n1)COC(c1nc(N)nc(C)c1C(F)(F)F)C2. The number of amides is 1. The molecular formula is C24H27ClF3N9O3. The summed E-state index contributed by atoms with van der Waals surface area (Å²) in [4.78, 5) is 32.6. The van der Waals surface area contributed by atoms with E-state index in [1.807, 2.05) is 4.90 Å². The minimum atomic E-state index is -4.70. The topological polar surface area (TPSA) is 137 Å². The molecule has 2 aliphatic rings. The summed E-state index contributed by atoms with van der Waals surface area (Å²) in [6, 6.07) is 0.0520. The van der Waals surface area contributed by atoms with Gasteiger partial charge in [0.25, 0.3) is 5.91 Å². The van der Waals surface area contributed by atoms with Crippen molar-refractivity contribution in [3.63, 3.8) is 0 Å². The number of nitrogens with two attached hydrogens (primary N) is 1. The van der Waals surface area contributed by atoms with Crippen LogP contribution in [0.1, 0.15) is 56.9 Å². The van der Waals surface area contributed by atoms with Crippen molar-refractivity contribution < 1.29 is 27.4 Å². The fraction of sp³-hybridized carbons (Fsp3) is 0.500. The number of anilines is 2. The number of carbonyl (C=O) groups excluding carboxylic acids is 1. The van der Waals surface area contributed by atoms with Gasteiger partial charge >= 0.3 is 12.2 Å². The number of aryl methyl sites for hydroxylation is 2. The van der Waals surface area contributed by atoms with Crippen molar-refractivity contribution in [2.24, 2.45) is 0 Å². The van der Waals surface area contributed by atoms with Gasteiger partial charge in [-0.15, -0.1) is 0 Å². The first kappa shape index (κ1) is 27.8. The summed E-state index contributed by atoms with van der Waals surface area (Å²) in [5, 5.41) is 4.69. The molecule has 0 saturated heterocycles. The molecule has 40 heavy (non-hydrogen) atoms. The van der Waals surface area contributed by atoms with Crippen LogP contribution < -0.4 is 15.4 Å². The molecule has 2 aliphatic heterocycles. The Bertz CT molecular complexity index is 1480. The molecule has 1 amide bonds. The van der Waals surface area contributed by atoms with Crippen LogP contribution in [0, 0.1) is 6.92 Å². The molecule has 0 bridgehead atoms. The average molecular weight is 582 g/mol. The second-order valence-electron chi connectivity index (χ2n) is 9.70. The van der Waals surface area contributed by atoms with E-state index in [-0.39, 0.29) is 59.5 Å². The Kier molecular flexibility index (Phi) is 7.20. The van der Waals surface area contributed by atoms with Crippen molar-refractivity contribution in [3.8, 4) is 6.01 Å². The smallest absolute Gasteiger partial charge is 0.420 e. The van der Waals surface area contributed by atoms with Gasteiger partial charge in [-0.25, -0.2) is 9.97 Å². The zero-order valence-corrected chi connectivity index (χ0v) is 23.0. The van der Waals surface area contributed by atoms with Gasteiger partial charge in [0.1, 0.15) is 17.5 Å². The van der Waals surface area contributed by atoms with E-state index in [2.05, 4.69) is 25.0 Å². The predicted molar refractivity (Wildman–Crippen MR) is 137 cm³/mol. The predicted octanol–water partition coefficient (Wildman–Crippen LogP) is 2.96. The zero-order valence-electron chi connectivity index (χ0n) is 22.2. The molecule has 12 nitrogen and oxygen atoms in total. The lowest BCUT2D eigenvalue weighted by atomic mass is 9.98. The van der Waals surface area contributed by atoms with Gasteiger partial charge in [0.15, 0.2) is 5.69 Å². The van der Waals surface area contributed by atoms with Crippen molar-refractivity contribution in [1.29, 1.82) is 0 Å². The largest absolute Gasteiger partial charge is 0.467 e. The minimum Gasteiger partial charge on any atom is -0.467 e. The summed E-state index contributed by atoms with van der Waals surface area (Å²) >= 11 is 6.62. The molecule has 214 valence electrons. The summed E-state index contributed by atoms with van der Waals surface area (Å²) in [7, 11) is 4.65. The van der Waals surface area contributed by atoms with Gasteiger partial charge in [-0.2, -0.15) is 28.2 Å². The molecular weight excluding hydrogens is 555 g/mol. The molecule has 3 aromatic rings. The third-order valence-corrected chi connectivity index (χ3v) is 7.20. The van der Waals surface area contributed by atoms with E-state index in [9.17, 15) is 18.0 Å². The molecule has 3 aromatic heterocycles. The van der Waals surface area contributed by atoms with Gasteiger partial charge in [-0.05, 0) is 13.3 Å². The van der Waals surface area contributed by atoms with E-state index in [1.54, 1.807) is 18.8 Å². The third kappa shape index (κ3) is 4.98. The van der Waals surface area contributed by atoms with E-state index in [0.717, 1.165) is 0 Å². The Hall–Kier alpha value is -3.72. The summed E-state index contributed by atoms with van der Waals surface area (Å²) in [5.41, 5.74) is 5.99. The lowest BCUT2D eigenvalue weighted by molar-refractivity contribution is -0.141. The second-order valence-corrected chi connectivity index (χ2v) is 10.1.